The van der Waals surface area contributed by atoms with Gasteiger partial charge in [0.05, 0.1) is 11.6 Å². The Morgan fingerprint density at radius 1 is 1.25 bits per heavy atom. The van der Waals surface area contributed by atoms with Crippen molar-refractivity contribution in [1.82, 2.24) is 15.0 Å². The number of hydrogen-bond acceptors (Lipinski definition) is 6. The lowest BCUT2D eigenvalue weighted by Crippen LogP contribution is -2.50. The Morgan fingerprint density at radius 3 is 2.68 bits per heavy atom. The maximum atomic E-state index is 12.4. The summed E-state index contributed by atoms with van der Waals surface area (Å²) in [6.45, 7) is 4.66. The van der Waals surface area contributed by atoms with Gasteiger partial charge in [-0.3, -0.25) is 14.5 Å². The number of aromatic nitrogens is 1. The largest absolute Gasteiger partial charge is 0.360 e. The number of nitrogens with zero attached hydrogens (tertiary/aromatic N) is 3. The lowest BCUT2D eigenvalue weighted by molar-refractivity contribution is -0.132. The van der Waals surface area contributed by atoms with Crippen LogP contribution in [0.5, 0.6) is 0 Å². The first kappa shape index (κ1) is 20.7. The fourth-order valence-corrected chi connectivity index (χ4v) is 4.11. The van der Waals surface area contributed by atoms with E-state index in [2.05, 4.69) is 10.5 Å². The average molecular weight is 423 g/mol. The number of hydrogen-bond donors (Lipinski definition) is 1. The third-order valence-corrected chi connectivity index (χ3v) is 5.91. The molecule has 0 atom stereocenters. The molecule has 0 saturated carbocycles. The zero-order valence-corrected chi connectivity index (χ0v) is 17.3. The molecule has 7 nitrogen and oxygen atoms in total. The van der Waals surface area contributed by atoms with Crippen molar-refractivity contribution in [2.45, 2.75) is 18.2 Å². The van der Waals surface area contributed by atoms with Crippen LogP contribution in [0.4, 0.5) is 5.82 Å². The van der Waals surface area contributed by atoms with Crippen LogP contribution in [0.2, 0.25) is 5.02 Å². The Labute approximate surface area is 173 Å². The first-order valence-corrected chi connectivity index (χ1v) is 10.5. The van der Waals surface area contributed by atoms with E-state index in [0.717, 1.165) is 4.90 Å². The fourth-order valence-electron chi connectivity index (χ4n) is 2.93. The van der Waals surface area contributed by atoms with Gasteiger partial charge in [-0.25, -0.2) is 0 Å². The molecule has 1 N–H and O–H groups in total. The number of carbonyl (C=O) groups excluding carboxylic acids is 2. The van der Waals surface area contributed by atoms with Gasteiger partial charge in [-0.1, -0.05) is 28.9 Å². The molecule has 28 heavy (non-hydrogen) atoms. The monoisotopic (exact) mass is 422 g/mol. The minimum atomic E-state index is -0.135. The van der Waals surface area contributed by atoms with Crippen LogP contribution in [0, 0.1) is 6.92 Å². The van der Waals surface area contributed by atoms with Gasteiger partial charge in [0.2, 0.25) is 11.8 Å². The Bertz CT molecular complexity index is 821. The summed E-state index contributed by atoms with van der Waals surface area (Å²) >= 11 is 7.73. The van der Waals surface area contributed by atoms with Gasteiger partial charge in [0, 0.05) is 49.3 Å². The average Bonchev–Trinajstić information content (AvgIpc) is 3.08. The lowest BCUT2D eigenvalue weighted by atomic mass is 10.3. The summed E-state index contributed by atoms with van der Waals surface area (Å²) < 4.78 is 4.93. The first-order valence-electron chi connectivity index (χ1n) is 9.12. The second kappa shape index (κ2) is 9.95. The van der Waals surface area contributed by atoms with Crippen molar-refractivity contribution in [3.63, 3.8) is 0 Å². The molecule has 2 heterocycles. The second-order valence-corrected chi connectivity index (χ2v) is 8.10. The van der Waals surface area contributed by atoms with Crippen LogP contribution in [0.3, 0.4) is 0 Å². The number of carbonyl (C=O) groups is 2. The predicted octanol–water partition coefficient (Wildman–Crippen LogP) is 2.90. The molecular weight excluding hydrogens is 400 g/mol. The highest BCUT2D eigenvalue weighted by atomic mass is 35.5. The molecule has 0 radical (unpaired) electrons. The number of thioether (sulfide) groups is 1. The summed E-state index contributed by atoms with van der Waals surface area (Å²) in [6.07, 6.45) is 0.474. The van der Waals surface area contributed by atoms with Gasteiger partial charge >= 0.3 is 0 Å². The molecule has 150 valence electrons. The molecule has 1 saturated heterocycles. The van der Waals surface area contributed by atoms with Crippen molar-refractivity contribution in [2.75, 3.05) is 43.8 Å². The Kier molecular flexibility index (Phi) is 7.36. The zero-order chi connectivity index (χ0) is 19.9. The lowest BCUT2D eigenvalue weighted by Gasteiger charge is -2.34. The SMILES string of the molecule is Cc1cc(NC(=O)CN2CCN(C(=O)CCSc3ccccc3Cl)CC2)no1. The summed E-state index contributed by atoms with van der Waals surface area (Å²) in [5.41, 5.74) is 0. The van der Waals surface area contributed by atoms with Crippen molar-refractivity contribution < 1.29 is 14.1 Å². The smallest absolute Gasteiger partial charge is 0.239 e. The number of rotatable bonds is 7. The minimum Gasteiger partial charge on any atom is -0.360 e. The van der Waals surface area contributed by atoms with Crippen molar-refractivity contribution in [1.29, 1.82) is 0 Å². The van der Waals surface area contributed by atoms with Crippen LogP contribution in [-0.4, -0.2) is 65.2 Å². The molecule has 1 aromatic heterocycles. The number of anilines is 1. The maximum absolute atomic E-state index is 12.4. The molecule has 3 rings (SSSR count). The van der Waals surface area contributed by atoms with Gasteiger partial charge in [-0.2, -0.15) is 0 Å². The Morgan fingerprint density at radius 2 is 2.00 bits per heavy atom. The Hall–Kier alpha value is -2.03. The van der Waals surface area contributed by atoms with Crippen LogP contribution >= 0.6 is 23.4 Å². The van der Waals surface area contributed by atoms with Gasteiger partial charge in [0.25, 0.3) is 0 Å². The van der Waals surface area contributed by atoms with Gasteiger partial charge in [-0.05, 0) is 19.1 Å². The van der Waals surface area contributed by atoms with E-state index in [1.165, 1.54) is 0 Å². The number of benzene rings is 1. The van der Waals surface area contributed by atoms with E-state index < -0.39 is 0 Å². The molecule has 1 aromatic carbocycles. The summed E-state index contributed by atoms with van der Waals surface area (Å²) in [6, 6.07) is 9.32. The molecule has 1 aliphatic rings. The topological polar surface area (TPSA) is 78.7 Å². The van der Waals surface area contributed by atoms with Gasteiger partial charge in [0.1, 0.15) is 5.76 Å². The summed E-state index contributed by atoms with van der Waals surface area (Å²) in [5.74, 6) is 1.77. The molecule has 0 bridgehead atoms. The molecule has 1 fully saturated rings. The highest BCUT2D eigenvalue weighted by molar-refractivity contribution is 7.99. The number of amides is 2. The van der Waals surface area contributed by atoms with Gasteiger partial charge < -0.3 is 14.7 Å². The third-order valence-electron chi connectivity index (χ3n) is 4.40. The zero-order valence-electron chi connectivity index (χ0n) is 15.7. The van der Waals surface area contributed by atoms with Crippen LogP contribution in [0.15, 0.2) is 39.8 Å². The van der Waals surface area contributed by atoms with Crippen LogP contribution in [-0.2, 0) is 9.59 Å². The van der Waals surface area contributed by atoms with Crippen molar-refractivity contribution in [3.05, 3.63) is 41.1 Å². The van der Waals surface area contributed by atoms with Crippen molar-refractivity contribution in [3.8, 4) is 0 Å². The number of nitrogens with one attached hydrogen (secondary N) is 1. The van der Waals surface area contributed by atoms with E-state index >= 15 is 0 Å². The predicted molar refractivity (Wildman–Crippen MR) is 110 cm³/mol. The molecule has 9 heteroatoms. The molecule has 1 aliphatic heterocycles. The van der Waals surface area contributed by atoms with Crippen molar-refractivity contribution >= 4 is 41.0 Å². The van der Waals surface area contributed by atoms with E-state index in [9.17, 15) is 9.59 Å². The molecule has 2 amide bonds. The summed E-state index contributed by atoms with van der Waals surface area (Å²) in [5, 5.41) is 7.18. The molecule has 0 spiro atoms. The van der Waals surface area contributed by atoms with E-state index in [-0.39, 0.29) is 18.4 Å². The van der Waals surface area contributed by atoms with E-state index in [1.807, 2.05) is 34.1 Å². The number of aryl methyl sites for hydroxylation is 1. The maximum Gasteiger partial charge on any atom is 0.239 e. The van der Waals surface area contributed by atoms with E-state index in [0.29, 0.717) is 55.0 Å². The molecule has 2 aromatic rings. The van der Waals surface area contributed by atoms with Crippen LogP contribution < -0.4 is 5.32 Å². The van der Waals surface area contributed by atoms with Crippen LogP contribution in [0.25, 0.3) is 0 Å². The molecule has 0 unspecified atom stereocenters. The van der Waals surface area contributed by atoms with E-state index in [4.69, 9.17) is 16.1 Å². The third kappa shape index (κ3) is 5.98. The van der Waals surface area contributed by atoms with Gasteiger partial charge in [-0.15, -0.1) is 11.8 Å². The van der Waals surface area contributed by atoms with E-state index in [1.54, 1.807) is 24.8 Å². The first-order chi connectivity index (χ1) is 13.5. The normalized spacial score (nSPS) is 14.9. The summed E-state index contributed by atoms with van der Waals surface area (Å²) in [7, 11) is 0. The molecular formula is C19H23ClN4O3S. The van der Waals surface area contributed by atoms with Gasteiger partial charge in [0.15, 0.2) is 5.82 Å². The second-order valence-electron chi connectivity index (χ2n) is 6.56. The minimum absolute atomic E-state index is 0.135. The van der Waals surface area contributed by atoms with Crippen LogP contribution in [0.1, 0.15) is 12.2 Å². The van der Waals surface area contributed by atoms with Crippen molar-refractivity contribution in [2.24, 2.45) is 0 Å². The number of halogens is 1. The highest BCUT2D eigenvalue weighted by Crippen LogP contribution is 2.27. The Balaban J connectivity index is 1.35. The number of piperazine rings is 1. The molecule has 0 aliphatic carbocycles. The fraction of sp³-hybridized carbons (Fsp3) is 0.421. The summed E-state index contributed by atoms with van der Waals surface area (Å²) in [4.78, 5) is 29.4. The highest BCUT2D eigenvalue weighted by Gasteiger charge is 2.22. The quantitative estimate of drug-likeness (QED) is 0.691. The standard InChI is InChI=1S/C19H23ClN4O3S/c1-14-12-17(22-27-14)21-18(25)13-23-7-9-24(10-8-23)19(26)6-11-28-16-5-3-2-4-15(16)20/h2-5,12H,6-11,13H2,1H3,(H,21,22,25).